The summed E-state index contributed by atoms with van der Waals surface area (Å²) in [5, 5.41) is 3.51. The van der Waals surface area contributed by atoms with E-state index in [1.807, 2.05) is 0 Å². The number of ether oxygens (including phenoxy) is 1. The summed E-state index contributed by atoms with van der Waals surface area (Å²) >= 11 is 3.70. The van der Waals surface area contributed by atoms with Crippen molar-refractivity contribution in [3.8, 4) is 5.75 Å². The van der Waals surface area contributed by atoms with Gasteiger partial charge in [-0.1, -0.05) is 0 Å². The van der Waals surface area contributed by atoms with Gasteiger partial charge in [0.2, 0.25) is 0 Å². The van der Waals surface area contributed by atoms with Crippen LogP contribution in [0.15, 0.2) is 4.47 Å². The number of methoxy groups -OCH3 is 1. The van der Waals surface area contributed by atoms with Crippen LogP contribution in [-0.4, -0.2) is 20.2 Å². The molecule has 1 heterocycles. The van der Waals surface area contributed by atoms with Gasteiger partial charge >= 0.3 is 0 Å². The minimum atomic E-state index is 0.639. The quantitative estimate of drug-likeness (QED) is 0.895. The van der Waals surface area contributed by atoms with Gasteiger partial charge in [0.25, 0.3) is 0 Å². The van der Waals surface area contributed by atoms with E-state index in [-0.39, 0.29) is 0 Å². The largest absolute Gasteiger partial charge is 0.495 e. The Morgan fingerprint density at radius 2 is 1.89 bits per heavy atom. The number of rotatable bonds is 2. The minimum absolute atomic E-state index is 0.639. The third kappa shape index (κ3) is 2.30. The molecule has 2 nitrogen and oxygen atoms in total. The lowest BCUT2D eigenvalue weighted by Gasteiger charge is -2.28. The van der Waals surface area contributed by atoms with Gasteiger partial charge in [-0.15, -0.1) is 0 Å². The molecule has 1 aliphatic heterocycles. The number of hydrogen-bond acceptors (Lipinski definition) is 2. The van der Waals surface area contributed by atoms with Crippen molar-refractivity contribution in [1.82, 2.24) is 5.32 Å². The molecular weight excluding hydrogens is 290 g/mol. The van der Waals surface area contributed by atoms with Crippen LogP contribution in [0.25, 0.3) is 0 Å². The molecule has 18 heavy (non-hydrogen) atoms. The fraction of sp³-hybridized carbons (Fsp3) is 0.600. The molecule has 1 saturated heterocycles. The monoisotopic (exact) mass is 311 g/mol. The van der Waals surface area contributed by atoms with Gasteiger partial charge in [0.05, 0.1) is 11.6 Å². The van der Waals surface area contributed by atoms with Crippen molar-refractivity contribution in [3.05, 3.63) is 26.7 Å². The fourth-order valence-electron chi connectivity index (χ4n) is 3.06. The van der Waals surface area contributed by atoms with Crippen LogP contribution >= 0.6 is 15.9 Å². The van der Waals surface area contributed by atoms with Gasteiger partial charge in [-0.05, 0) is 84.3 Å². The Morgan fingerprint density at radius 1 is 1.17 bits per heavy atom. The lowest BCUT2D eigenvalue weighted by Crippen LogP contribution is -2.29. The molecule has 0 saturated carbocycles. The summed E-state index contributed by atoms with van der Waals surface area (Å²) in [5.74, 6) is 1.62. The zero-order valence-corrected chi connectivity index (χ0v) is 13.3. The van der Waals surface area contributed by atoms with Gasteiger partial charge in [0.15, 0.2) is 0 Å². The Labute approximate surface area is 118 Å². The first-order valence-corrected chi connectivity index (χ1v) is 7.41. The highest BCUT2D eigenvalue weighted by atomic mass is 79.9. The lowest BCUT2D eigenvalue weighted by molar-refractivity contribution is 0.406. The van der Waals surface area contributed by atoms with Crippen molar-refractivity contribution >= 4 is 15.9 Å². The van der Waals surface area contributed by atoms with Gasteiger partial charge in [0, 0.05) is 6.54 Å². The minimum Gasteiger partial charge on any atom is -0.495 e. The molecule has 0 amide bonds. The third-order valence-electron chi connectivity index (χ3n) is 4.15. The molecule has 1 atom stereocenters. The van der Waals surface area contributed by atoms with Crippen molar-refractivity contribution in [2.75, 3.05) is 20.2 Å². The standard InChI is InChI=1S/C15H22BrNO/c1-9-10(2)15(18-4)14(16)11(3)13(9)12-6-5-7-17-8-12/h12,17H,5-8H2,1-4H3. The van der Waals surface area contributed by atoms with Crippen molar-refractivity contribution in [1.29, 1.82) is 0 Å². The molecule has 3 heteroatoms. The predicted molar refractivity (Wildman–Crippen MR) is 79.7 cm³/mol. The van der Waals surface area contributed by atoms with E-state index in [0.29, 0.717) is 5.92 Å². The van der Waals surface area contributed by atoms with Crippen molar-refractivity contribution in [3.63, 3.8) is 0 Å². The van der Waals surface area contributed by atoms with Crippen LogP contribution in [0.4, 0.5) is 0 Å². The summed E-state index contributed by atoms with van der Waals surface area (Å²) in [6, 6.07) is 0. The van der Waals surface area contributed by atoms with Crippen molar-refractivity contribution in [2.45, 2.75) is 39.5 Å². The summed E-state index contributed by atoms with van der Waals surface area (Å²) in [7, 11) is 1.74. The van der Waals surface area contributed by atoms with Crippen molar-refractivity contribution < 1.29 is 4.74 Å². The first-order chi connectivity index (χ1) is 8.57. The molecule has 0 spiro atoms. The average Bonchev–Trinajstić information content (AvgIpc) is 2.39. The van der Waals surface area contributed by atoms with Crippen LogP contribution in [0.2, 0.25) is 0 Å². The highest BCUT2D eigenvalue weighted by molar-refractivity contribution is 9.10. The van der Waals surface area contributed by atoms with Gasteiger partial charge in [-0.3, -0.25) is 0 Å². The number of halogens is 1. The predicted octanol–water partition coefficient (Wildman–Crippen LogP) is 3.85. The number of piperidine rings is 1. The van der Waals surface area contributed by atoms with Gasteiger partial charge < -0.3 is 10.1 Å². The number of hydrogen-bond donors (Lipinski definition) is 1. The molecule has 0 aromatic heterocycles. The highest BCUT2D eigenvalue weighted by Crippen LogP contribution is 2.41. The van der Waals surface area contributed by atoms with Crippen LogP contribution < -0.4 is 10.1 Å². The first kappa shape index (κ1) is 13.9. The molecule has 1 aromatic rings. The van der Waals surface area contributed by atoms with Gasteiger partial charge in [0.1, 0.15) is 5.75 Å². The second-order valence-corrected chi connectivity index (χ2v) is 5.97. The van der Waals surface area contributed by atoms with E-state index in [4.69, 9.17) is 4.74 Å². The Morgan fingerprint density at radius 3 is 2.44 bits per heavy atom. The summed E-state index contributed by atoms with van der Waals surface area (Å²) in [5.41, 5.74) is 5.49. The normalized spacial score (nSPS) is 19.9. The Kier molecular flexibility index (Phi) is 4.33. The van der Waals surface area contributed by atoms with Crippen LogP contribution in [-0.2, 0) is 0 Å². The molecule has 1 unspecified atom stereocenters. The molecule has 0 bridgehead atoms. The number of nitrogens with one attached hydrogen (secondary N) is 1. The van der Waals surface area contributed by atoms with Crippen LogP contribution in [0.1, 0.15) is 41.0 Å². The van der Waals surface area contributed by atoms with E-state index >= 15 is 0 Å². The van der Waals surface area contributed by atoms with E-state index in [0.717, 1.165) is 23.3 Å². The Bertz CT molecular complexity index is 421. The van der Waals surface area contributed by atoms with Crippen LogP contribution in [0.3, 0.4) is 0 Å². The summed E-state index contributed by atoms with van der Waals surface area (Å²) in [4.78, 5) is 0. The van der Waals surface area contributed by atoms with E-state index < -0.39 is 0 Å². The molecule has 1 fully saturated rings. The fourth-order valence-corrected chi connectivity index (χ4v) is 3.73. The maximum atomic E-state index is 5.52. The van der Waals surface area contributed by atoms with Gasteiger partial charge in [-0.25, -0.2) is 0 Å². The number of benzene rings is 1. The maximum absolute atomic E-state index is 5.52. The van der Waals surface area contributed by atoms with Crippen LogP contribution in [0, 0.1) is 20.8 Å². The van der Waals surface area contributed by atoms with Crippen molar-refractivity contribution in [2.24, 2.45) is 0 Å². The molecule has 0 aliphatic carbocycles. The van der Waals surface area contributed by atoms with E-state index in [1.54, 1.807) is 7.11 Å². The zero-order chi connectivity index (χ0) is 13.3. The Hall–Kier alpha value is -0.540. The van der Waals surface area contributed by atoms with Gasteiger partial charge in [-0.2, -0.15) is 0 Å². The zero-order valence-electron chi connectivity index (χ0n) is 11.7. The van der Waals surface area contributed by atoms with E-state index in [1.165, 1.54) is 35.1 Å². The smallest absolute Gasteiger partial charge is 0.136 e. The average molecular weight is 312 g/mol. The molecular formula is C15H22BrNO. The lowest BCUT2D eigenvalue weighted by atomic mass is 9.84. The molecule has 1 N–H and O–H groups in total. The maximum Gasteiger partial charge on any atom is 0.136 e. The Balaban J connectivity index is 2.53. The van der Waals surface area contributed by atoms with E-state index in [9.17, 15) is 0 Å². The summed E-state index contributed by atoms with van der Waals surface area (Å²) < 4.78 is 6.64. The highest BCUT2D eigenvalue weighted by Gasteiger charge is 2.23. The van der Waals surface area contributed by atoms with E-state index in [2.05, 4.69) is 42.0 Å². The molecule has 1 aliphatic rings. The molecule has 2 rings (SSSR count). The summed E-state index contributed by atoms with van der Waals surface area (Å²) in [6.07, 6.45) is 2.55. The molecule has 1 aromatic carbocycles. The summed E-state index contributed by atoms with van der Waals surface area (Å²) in [6.45, 7) is 8.83. The second-order valence-electron chi connectivity index (χ2n) is 5.18. The molecule has 100 valence electrons. The third-order valence-corrected chi connectivity index (χ3v) is 5.10. The van der Waals surface area contributed by atoms with Crippen LogP contribution in [0.5, 0.6) is 5.75 Å². The molecule has 0 radical (unpaired) electrons. The SMILES string of the molecule is COc1c(C)c(C)c(C2CCCNC2)c(C)c1Br. The first-order valence-electron chi connectivity index (χ1n) is 6.61. The topological polar surface area (TPSA) is 21.3 Å². The second kappa shape index (κ2) is 5.62.